The van der Waals surface area contributed by atoms with Crippen molar-refractivity contribution in [3.63, 3.8) is 0 Å². The predicted molar refractivity (Wildman–Crippen MR) is 356 cm³/mol. The molecule has 0 radical (unpaired) electrons. The number of amides is 4. The summed E-state index contributed by atoms with van der Waals surface area (Å²) >= 11 is 0. The Hall–Kier alpha value is -12.5. The SMILES string of the molecule is N=C(N)Nc1ccc(C(=O)Oc2ccc(COC(=O)N(Cc3cccc(C(=O)O)c3)[C@@H](CC(=O)O)C(=O)NCCOCCOCCOCCOCCNC(=O)[C@H](CC(=O)OC(=O)C(F)(F)F)N(Cc3cccc(C(=O)O)c3)C(=O)OCc3ccc(OC(=O)c4ccc(NC(=N)N)cc4)cc3)cc2)cc1. The van der Waals surface area contributed by atoms with Crippen LogP contribution in [0.3, 0.4) is 0 Å². The van der Waals surface area contributed by atoms with Crippen molar-refractivity contribution in [3.05, 3.63) is 190 Å². The maximum absolute atomic E-state index is 14.0. The van der Waals surface area contributed by atoms with Crippen LogP contribution < -0.4 is 42.2 Å². The number of guanidine groups is 2. The number of ether oxygens (including phenoxy) is 9. The molecule has 0 aliphatic heterocycles. The molecule has 0 saturated heterocycles. The van der Waals surface area contributed by atoms with Crippen molar-refractivity contribution in [2.75, 3.05) is 76.6 Å². The third-order valence-corrected chi connectivity index (χ3v) is 14.0. The second kappa shape index (κ2) is 40.6. The summed E-state index contributed by atoms with van der Waals surface area (Å²) in [6.45, 7) is -2.78. The summed E-state index contributed by atoms with van der Waals surface area (Å²) in [6.07, 6.45) is -10.3. The minimum Gasteiger partial charge on any atom is -0.481 e. The Kier molecular flexibility index (Phi) is 31.4. The molecule has 0 heterocycles. The van der Waals surface area contributed by atoms with Gasteiger partial charge in [-0.05, 0) is 119 Å². The number of anilines is 2. The number of hydrogen-bond acceptors (Lipinski definition) is 22. The lowest BCUT2D eigenvalue weighted by atomic mass is 10.1. The molecule has 104 heavy (non-hydrogen) atoms. The van der Waals surface area contributed by atoms with Gasteiger partial charge >= 0.3 is 60.1 Å². The molecule has 0 bridgehead atoms. The van der Waals surface area contributed by atoms with E-state index < -0.39 is 123 Å². The van der Waals surface area contributed by atoms with Crippen molar-refractivity contribution in [1.82, 2.24) is 20.4 Å². The Morgan fingerprint density at radius 3 is 1.17 bits per heavy atom. The largest absolute Gasteiger partial charge is 0.491 e. The van der Waals surface area contributed by atoms with Crippen LogP contribution in [0.4, 0.5) is 34.1 Å². The summed E-state index contributed by atoms with van der Waals surface area (Å²) in [6, 6.07) is 29.8. The molecular formula is C68H71F3N10O23. The Bertz CT molecular complexity index is 4000. The topological polar surface area (TPSA) is 486 Å². The molecule has 0 aliphatic rings. The number of benzene rings is 6. The van der Waals surface area contributed by atoms with Gasteiger partial charge in [-0.25, -0.2) is 33.6 Å². The molecule has 6 aromatic carbocycles. The predicted octanol–water partition coefficient (Wildman–Crippen LogP) is 5.64. The molecule has 0 spiro atoms. The van der Waals surface area contributed by atoms with Crippen LogP contribution in [0.2, 0.25) is 0 Å². The number of esters is 4. The minimum atomic E-state index is -5.63. The van der Waals surface area contributed by atoms with Gasteiger partial charge in [0.1, 0.15) is 36.8 Å². The van der Waals surface area contributed by atoms with E-state index in [-0.39, 0.29) is 128 Å². The lowest BCUT2D eigenvalue weighted by molar-refractivity contribution is -0.202. The molecule has 552 valence electrons. The lowest BCUT2D eigenvalue weighted by Crippen LogP contribution is -2.51. The van der Waals surface area contributed by atoms with Crippen LogP contribution in [0.25, 0.3) is 0 Å². The highest BCUT2D eigenvalue weighted by atomic mass is 19.4. The Balaban J connectivity index is 0.941. The number of alkyl halides is 3. The summed E-state index contributed by atoms with van der Waals surface area (Å²) in [4.78, 5) is 143. The monoisotopic (exact) mass is 1450 g/mol. The highest BCUT2D eigenvalue weighted by molar-refractivity contribution is 5.96. The molecule has 0 fully saturated rings. The zero-order valence-corrected chi connectivity index (χ0v) is 55.0. The van der Waals surface area contributed by atoms with Crippen LogP contribution >= 0.6 is 0 Å². The fraction of sp³-hybridized carbons (Fsp3) is 0.279. The molecule has 0 aliphatic carbocycles. The van der Waals surface area contributed by atoms with Crippen LogP contribution in [0.5, 0.6) is 11.5 Å². The Morgan fingerprint density at radius 2 is 0.827 bits per heavy atom. The molecule has 36 heteroatoms. The molecule has 13 N–H and O–H groups in total. The van der Waals surface area contributed by atoms with E-state index in [0.29, 0.717) is 21.8 Å². The fourth-order valence-electron chi connectivity index (χ4n) is 9.09. The number of carboxylic acid groups (broad SMARTS) is 3. The summed E-state index contributed by atoms with van der Waals surface area (Å²) in [7, 11) is 0. The molecule has 4 amide bonds. The Morgan fingerprint density at radius 1 is 0.462 bits per heavy atom. The average molecular weight is 1450 g/mol. The maximum Gasteiger partial charge on any atom is 0.491 e. The Labute approximate surface area is 589 Å². The molecule has 0 aromatic heterocycles. The number of nitrogens with two attached hydrogens (primary N) is 2. The second-order valence-corrected chi connectivity index (χ2v) is 21.8. The van der Waals surface area contributed by atoms with Crippen molar-refractivity contribution in [2.24, 2.45) is 11.5 Å². The number of halogens is 3. The normalized spacial score (nSPS) is 11.5. The maximum atomic E-state index is 14.0. The van der Waals surface area contributed by atoms with Crippen molar-refractivity contribution < 1.29 is 124 Å². The van der Waals surface area contributed by atoms with Crippen LogP contribution in [-0.2, 0) is 83.4 Å². The van der Waals surface area contributed by atoms with Crippen LogP contribution in [-0.4, -0.2) is 187 Å². The van der Waals surface area contributed by atoms with Gasteiger partial charge in [0.2, 0.25) is 11.8 Å². The van der Waals surface area contributed by atoms with E-state index in [1.165, 1.54) is 140 Å². The number of nitrogens with one attached hydrogen (secondary N) is 6. The summed E-state index contributed by atoms with van der Waals surface area (Å²) in [5.74, 6) is -12.9. The lowest BCUT2D eigenvalue weighted by Gasteiger charge is -2.30. The molecule has 0 unspecified atom stereocenters. The van der Waals surface area contributed by atoms with Crippen molar-refractivity contribution >= 4 is 89.1 Å². The highest BCUT2D eigenvalue weighted by Gasteiger charge is 2.44. The number of aliphatic carboxylic acids is 1. The van der Waals surface area contributed by atoms with Gasteiger partial charge in [0.15, 0.2) is 11.9 Å². The third kappa shape index (κ3) is 27.9. The third-order valence-electron chi connectivity index (χ3n) is 14.0. The quantitative estimate of drug-likeness (QED) is 0.00423. The van der Waals surface area contributed by atoms with E-state index in [1.807, 2.05) is 0 Å². The van der Waals surface area contributed by atoms with Crippen LogP contribution in [0.15, 0.2) is 146 Å². The van der Waals surface area contributed by atoms with Gasteiger partial charge in [-0.1, -0.05) is 48.5 Å². The van der Waals surface area contributed by atoms with Crippen molar-refractivity contribution in [1.29, 1.82) is 10.8 Å². The van der Waals surface area contributed by atoms with E-state index in [4.69, 9.17) is 60.2 Å². The summed E-state index contributed by atoms with van der Waals surface area (Å²) in [5, 5.41) is 53.9. The van der Waals surface area contributed by atoms with E-state index in [0.717, 1.165) is 11.0 Å². The smallest absolute Gasteiger partial charge is 0.481 e. The van der Waals surface area contributed by atoms with Gasteiger partial charge in [-0.15, -0.1) is 0 Å². The molecule has 33 nitrogen and oxygen atoms in total. The molecule has 0 saturated carbocycles. The molecular weight excluding hydrogens is 1380 g/mol. The van der Waals surface area contributed by atoms with Crippen LogP contribution in [0, 0.1) is 10.8 Å². The molecule has 6 aromatic rings. The summed E-state index contributed by atoms with van der Waals surface area (Å²) in [5.41, 5.74) is 12.4. The number of carbonyl (C=O) groups is 11. The first kappa shape index (κ1) is 80.4. The number of nitrogens with zero attached hydrogens (tertiary/aromatic N) is 2. The van der Waals surface area contributed by atoms with E-state index in [2.05, 4.69) is 26.0 Å². The summed E-state index contributed by atoms with van der Waals surface area (Å²) < 4.78 is 87.4. The first-order chi connectivity index (χ1) is 49.6. The van der Waals surface area contributed by atoms with Crippen molar-refractivity contribution in [3.8, 4) is 11.5 Å². The van der Waals surface area contributed by atoms with Crippen LogP contribution in [0.1, 0.15) is 76.5 Å². The van der Waals surface area contributed by atoms with Gasteiger partial charge in [0, 0.05) is 37.6 Å². The van der Waals surface area contributed by atoms with E-state index in [1.54, 1.807) is 0 Å². The molecule has 2 atom stereocenters. The number of aromatic carboxylic acids is 2. The van der Waals surface area contributed by atoms with Gasteiger partial charge < -0.3 is 90.7 Å². The second-order valence-electron chi connectivity index (χ2n) is 21.8. The number of carbonyl (C=O) groups excluding carboxylic acids is 8. The van der Waals surface area contributed by atoms with E-state index >= 15 is 0 Å². The number of rotatable bonds is 39. The zero-order chi connectivity index (χ0) is 75.7. The highest BCUT2D eigenvalue weighted by Crippen LogP contribution is 2.24. The molecule has 6 rings (SSSR count). The zero-order valence-electron chi connectivity index (χ0n) is 55.0. The van der Waals surface area contributed by atoms with Gasteiger partial charge in [0.05, 0.1) is 88.0 Å². The standard InChI is InChI=1S/C68H71F3N10O23/c69-68(70,71)63(93)104-56(84)36-54(81(38-44-4-2-6-48(34-44)60(89)90)67(95)101-40-42-9-21-52(22-10-42)103-62(92)46-13-17-50(18-14-46)79-65(74)75)58(86)77-24-26-97-28-30-99-32-31-98-29-27-96-25-23-76-57(85)53(35-55(82)83)80(37-43-3-1-5-47(33-43)59(87)88)66(94)100-39-41-7-19-51(20-8-41)102-61(91)45-11-15-49(16-12-45)78-64(72)73/h1-22,33-34,53-54H,23-32,35-40H2,(H,76,85)(H,77,86)(H,82,83)(H,87,88)(H,89,90)(H4,72,73,78)(H4,74,75,79)/t53-,54-/m0/s1. The van der Waals surface area contributed by atoms with Gasteiger partial charge in [-0.2, -0.15) is 13.2 Å². The van der Waals surface area contributed by atoms with Crippen molar-refractivity contribution in [2.45, 2.75) is 57.4 Å². The first-order valence-corrected chi connectivity index (χ1v) is 31.1. The van der Waals surface area contributed by atoms with E-state index in [9.17, 15) is 81.2 Å². The number of hydrogen-bond donors (Lipinski definition) is 11. The minimum absolute atomic E-state index is 0.00277. The number of carboxylic acids is 3. The van der Waals surface area contributed by atoms with Gasteiger partial charge in [0.25, 0.3) is 0 Å². The average Bonchev–Trinajstić information content (AvgIpc) is 0.847. The van der Waals surface area contributed by atoms with Gasteiger partial charge in [-0.3, -0.25) is 39.8 Å². The first-order valence-electron chi connectivity index (χ1n) is 31.1. The fourth-order valence-corrected chi connectivity index (χ4v) is 9.09.